The molecular weight excluding hydrogens is 1260 g/mol. The lowest BCUT2D eigenvalue weighted by atomic mass is 10.1. The van der Waals surface area contributed by atoms with Crippen LogP contribution in [0.4, 0.5) is 63.6 Å². The molecule has 0 saturated carbocycles. The lowest BCUT2D eigenvalue weighted by Crippen LogP contribution is -2.06. The summed E-state index contributed by atoms with van der Waals surface area (Å²) in [5.41, 5.74) is -1.94. The summed E-state index contributed by atoms with van der Waals surface area (Å²) in [4.78, 5) is 20.2. The highest BCUT2D eigenvalue weighted by molar-refractivity contribution is 7.95. The first-order chi connectivity index (χ1) is 40.1. The molecule has 0 amide bonds. The zero-order valence-electron chi connectivity index (χ0n) is 41.5. The van der Waals surface area contributed by atoms with Crippen molar-refractivity contribution in [2.24, 2.45) is 20.5 Å². The minimum absolute atomic E-state index is 0.0415. The molecule has 442 valence electrons. The molecule has 0 unspecified atom stereocenters. The van der Waals surface area contributed by atoms with Gasteiger partial charge in [0.25, 0.3) is 40.5 Å². The molecule has 0 saturated heterocycles. The topological polar surface area (TPSA) is 551 Å². The Hall–Kier alpha value is -8.96. The number of azo groups is 2. The van der Waals surface area contributed by atoms with Crippen molar-refractivity contribution in [1.82, 2.24) is 29.9 Å². The maximum Gasteiger partial charge on any atom is 0.320 e. The molecule has 85 heavy (non-hydrogen) atoms. The van der Waals surface area contributed by atoms with E-state index >= 15 is 0 Å². The molecule has 0 aliphatic rings. The Kier molecular flexibility index (Phi) is 17.1. The highest BCUT2D eigenvalue weighted by Crippen LogP contribution is 2.49. The van der Waals surface area contributed by atoms with Gasteiger partial charge in [0.15, 0.2) is 11.5 Å². The van der Waals surface area contributed by atoms with E-state index in [-0.39, 0.29) is 83.7 Å². The molecule has 42 heteroatoms. The standard InChI is InChI=1S/C43H32N14O22S6/c1-44-56-34-30(84(70,71)72)14-17-11-21(80-78-76-62)15-26(31(17)36(34)59)47-40-49-38(51-42(60)53-40)45-19-5-7-20(8-6-19)46-39-50-41(54-43(61)52-39)48-27-16-22(82(64,65)66)12-18-13-28(81-79-77-63)33(35(58)32(18)27)57-55-25-10-9-23-24(37(25)85(73,74)75)3-2-4-29(23)83(67,68)69/h2-16,58-59,62-63H,1H3,(H,64,65,66)(H,67,68,69)(H,70,71,72)(H,73,74,75)(H3,45,47,49,51,53,60)(H3,46,48,50,52,54,61). The van der Waals surface area contributed by atoms with Crippen molar-refractivity contribution < 1.29 is 102 Å². The summed E-state index contributed by atoms with van der Waals surface area (Å²) in [6.45, 7) is 0. The third kappa shape index (κ3) is 13.5. The molecule has 0 radical (unpaired) electrons. The van der Waals surface area contributed by atoms with Gasteiger partial charge < -0.3 is 41.7 Å². The van der Waals surface area contributed by atoms with Gasteiger partial charge in [-0.05, 0) is 83.6 Å². The average molecular weight is 1290 g/mol. The summed E-state index contributed by atoms with van der Waals surface area (Å²) in [6, 6.07) is 15.4. The van der Waals surface area contributed by atoms with Crippen molar-refractivity contribution in [3.63, 3.8) is 0 Å². The van der Waals surface area contributed by atoms with Crippen LogP contribution in [0.5, 0.6) is 23.5 Å². The van der Waals surface area contributed by atoms with Gasteiger partial charge in [-0.2, -0.15) is 73.8 Å². The average Bonchev–Trinajstić information content (AvgIpc) is 0.964. The van der Waals surface area contributed by atoms with Crippen molar-refractivity contribution in [3.05, 3.63) is 91.0 Å². The quantitative estimate of drug-likeness (QED) is 0.0106. The van der Waals surface area contributed by atoms with Crippen molar-refractivity contribution in [2.75, 3.05) is 28.3 Å². The van der Waals surface area contributed by atoms with Gasteiger partial charge >= 0.3 is 12.0 Å². The molecule has 0 bridgehead atoms. The number of nitrogens with one attached hydrogen (secondary N) is 4. The van der Waals surface area contributed by atoms with Crippen molar-refractivity contribution in [1.29, 1.82) is 0 Å². The third-order valence-electron chi connectivity index (χ3n) is 11.2. The number of aromatic hydroxyl groups is 4. The van der Waals surface area contributed by atoms with Crippen LogP contribution in [0.1, 0.15) is 0 Å². The largest absolute Gasteiger partial charge is 0.505 e. The smallest absolute Gasteiger partial charge is 0.320 e. The highest BCUT2D eigenvalue weighted by atomic mass is 32.2. The molecule has 9 aromatic rings. The van der Waals surface area contributed by atoms with E-state index in [0.29, 0.717) is 12.0 Å². The summed E-state index contributed by atoms with van der Waals surface area (Å²) >= 11 is 0.574. The normalized spacial score (nSPS) is 12.5. The summed E-state index contributed by atoms with van der Waals surface area (Å²) < 4.78 is 149. The van der Waals surface area contributed by atoms with Gasteiger partial charge in [-0.15, -0.1) is 18.9 Å². The number of hydrogen-bond donors (Lipinski definition) is 14. The monoisotopic (exact) mass is 1290 g/mol. The summed E-state index contributed by atoms with van der Waals surface area (Å²) in [5, 5.41) is 93.9. The lowest BCUT2D eigenvalue weighted by molar-refractivity contribution is -0.432. The second-order valence-corrected chi connectivity index (χ2v) is 23.6. The second kappa shape index (κ2) is 24.0. The Labute approximate surface area is 482 Å². The zero-order chi connectivity index (χ0) is 61.3. The van der Waals surface area contributed by atoms with Gasteiger partial charge in [0.1, 0.15) is 31.7 Å². The number of hydrogen-bond acceptors (Lipinski definition) is 34. The van der Waals surface area contributed by atoms with Crippen molar-refractivity contribution in [3.8, 4) is 23.5 Å². The molecule has 0 fully saturated rings. The van der Waals surface area contributed by atoms with E-state index in [0.717, 1.165) is 54.6 Å². The Morgan fingerprint density at radius 1 is 0.494 bits per heavy atom. The van der Waals surface area contributed by atoms with E-state index < -0.39 is 118 Å². The SMILES string of the molecule is CN=Nc1c(S(=O)(=O)O)cc2cc(SOOO)cc(Nc3nc(O)nc(Nc4ccc(Nc5nc(O)nc(Nc6cc(S(=O)(=O)O)cc7cc(SOOO)c(N=Nc8ccc9c(S(=O)(=O)O)cccc9c8S(=O)(=O)O)c(O)c67)n5)cc4)n3)c2c1O. The van der Waals surface area contributed by atoms with Crippen LogP contribution < -0.4 is 21.3 Å². The molecule has 0 spiro atoms. The first kappa shape index (κ1) is 60.6. The minimum Gasteiger partial charge on any atom is -0.505 e. The predicted molar refractivity (Wildman–Crippen MR) is 293 cm³/mol. The fourth-order valence-electron chi connectivity index (χ4n) is 8.03. The molecule has 2 aromatic heterocycles. The van der Waals surface area contributed by atoms with Gasteiger partial charge in [-0.3, -0.25) is 18.2 Å². The number of rotatable bonds is 21. The number of benzene rings is 7. The van der Waals surface area contributed by atoms with E-state index in [2.05, 4.69) is 90.4 Å². The van der Waals surface area contributed by atoms with Gasteiger partial charge in [-0.1, -0.05) is 28.3 Å². The Morgan fingerprint density at radius 3 is 1.55 bits per heavy atom. The number of aromatic nitrogens is 6. The van der Waals surface area contributed by atoms with Crippen LogP contribution in [0.15, 0.2) is 141 Å². The fraction of sp³-hybridized carbons (Fsp3) is 0.0233. The van der Waals surface area contributed by atoms with Crippen LogP contribution >= 0.6 is 24.1 Å². The predicted octanol–water partition coefficient (Wildman–Crippen LogP) is 8.29. The number of nitrogens with zero attached hydrogens (tertiary/aromatic N) is 10. The zero-order valence-corrected chi connectivity index (χ0v) is 46.4. The van der Waals surface area contributed by atoms with E-state index in [1.807, 2.05) is 0 Å². The number of phenols is 2. The number of anilines is 8. The molecule has 36 nitrogen and oxygen atoms in total. The number of phenolic OH excluding ortho intramolecular Hbond substituents is 2. The fourth-order valence-corrected chi connectivity index (χ4v) is 11.7. The maximum atomic E-state index is 12.8. The summed E-state index contributed by atoms with van der Waals surface area (Å²) in [7, 11) is -19.1. The van der Waals surface area contributed by atoms with Crippen molar-refractivity contribution in [2.45, 2.75) is 29.4 Å². The highest BCUT2D eigenvalue weighted by Gasteiger charge is 2.28. The molecule has 9 rings (SSSR count). The second-order valence-electron chi connectivity index (χ2n) is 16.5. The molecule has 2 heterocycles. The molecular formula is C43H32N14O22S6. The molecule has 14 N–H and O–H groups in total. The molecule has 0 atom stereocenters. The van der Waals surface area contributed by atoms with Crippen LogP contribution in [0, 0.1) is 0 Å². The van der Waals surface area contributed by atoms with Crippen LogP contribution in [0.25, 0.3) is 32.3 Å². The van der Waals surface area contributed by atoms with Crippen LogP contribution in [0.2, 0.25) is 0 Å². The maximum absolute atomic E-state index is 12.8. The van der Waals surface area contributed by atoms with E-state index in [9.17, 15) is 72.3 Å². The van der Waals surface area contributed by atoms with Gasteiger partial charge in [0.05, 0.1) is 45.3 Å². The first-order valence-electron chi connectivity index (χ1n) is 22.4. The lowest BCUT2D eigenvalue weighted by Gasteiger charge is -2.15. The summed E-state index contributed by atoms with van der Waals surface area (Å²) in [6.07, 6.45) is 0. The Balaban J connectivity index is 1.01. The summed E-state index contributed by atoms with van der Waals surface area (Å²) in [5.74, 6) is -3.26. The Bertz CT molecular complexity index is 4730. The van der Waals surface area contributed by atoms with Crippen LogP contribution in [0.3, 0.4) is 0 Å². The minimum atomic E-state index is -5.29. The number of fused-ring (bicyclic) bond motifs is 3. The van der Waals surface area contributed by atoms with Crippen molar-refractivity contribution >= 4 is 160 Å². The van der Waals surface area contributed by atoms with Gasteiger partial charge in [-0.25, -0.2) is 10.5 Å². The first-order valence-corrected chi connectivity index (χ1v) is 29.6. The molecule has 0 aliphatic heterocycles. The van der Waals surface area contributed by atoms with Crippen LogP contribution in [-0.2, 0) is 59.2 Å². The Morgan fingerprint density at radius 2 is 1.02 bits per heavy atom. The third-order valence-corrected chi connectivity index (χ3v) is 16.0. The molecule has 7 aromatic carbocycles. The van der Waals surface area contributed by atoms with Crippen LogP contribution in [-0.4, -0.2) is 120 Å². The van der Waals surface area contributed by atoms with Gasteiger partial charge in [0, 0.05) is 44.9 Å². The van der Waals surface area contributed by atoms with E-state index in [1.54, 1.807) is 0 Å². The van der Waals surface area contributed by atoms with E-state index in [1.165, 1.54) is 43.4 Å². The van der Waals surface area contributed by atoms with E-state index in [4.69, 9.17) is 10.5 Å². The van der Waals surface area contributed by atoms with Gasteiger partial charge in [0.2, 0.25) is 23.8 Å². The molecule has 0 aliphatic carbocycles.